The molecule has 4 nitrogen and oxygen atoms in total. The topological polar surface area (TPSA) is 58.4 Å². The first-order valence-corrected chi connectivity index (χ1v) is 6.93. The van der Waals surface area contributed by atoms with E-state index in [-0.39, 0.29) is 18.0 Å². The number of carbonyl (C=O) groups excluding carboxylic acids is 1. The monoisotopic (exact) mass is 257 g/mol. The molecule has 0 spiro atoms. The van der Waals surface area contributed by atoms with Gasteiger partial charge < -0.3 is 16.0 Å². The van der Waals surface area contributed by atoms with Crippen LogP contribution in [0.3, 0.4) is 0 Å². The molecule has 0 aliphatic heterocycles. The molecule has 18 heavy (non-hydrogen) atoms. The quantitative estimate of drug-likeness (QED) is 0.692. The van der Waals surface area contributed by atoms with Crippen molar-refractivity contribution < 1.29 is 4.79 Å². The molecule has 0 aromatic heterocycles. The maximum Gasteiger partial charge on any atom is 0.237 e. The lowest BCUT2D eigenvalue weighted by atomic mass is 10.0. The van der Waals surface area contributed by atoms with Gasteiger partial charge in [-0.15, -0.1) is 0 Å². The summed E-state index contributed by atoms with van der Waals surface area (Å²) in [6.07, 6.45) is 1.72. The molecule has 0 saturated carbocycles. The second-order valence-corrected chi connectivity index (χ2v) is 6.33. The van der Waals surface area contributed by atoms with Crippen molar-refractivity contribution in [1.82, 2.24) is 10.2 Å². The van der Waals surface area contributed by atoms with Gasteiger partial charge in [-0.05, 0) is 38.8 Å². The Balaban J connectivity index is 4.33. The summed E-state index contributed by atoms with van der Waals surface area (Å²) in [4.78, 5) is 14.1. The number of likely N-dealkylation sites (N-methyl/N-ethyl adjacent to an activating group) is 1. The molecule has 2 atom stereocenters. The van der Waals surface area contributed by atoms with Gasteiger partial charge in [0.25, 0.3) is 0 Å². The van der Waals surface area contributed by atoms with Crippen molar-refractivity contribution in [3.05, 3.63) is 0 Å². The highest BCUT2D eigenvalue weighted by atomic mass is 16.2. The second-order valence-electron chi connectivity index (χ2n) is 6.33. The lowest BCUT2D eigenvalue weighted by molar-refractivity contribution is -0.123. The highest BCUT2D eigenvalue weighted by Crippen LogP contribution is 2.07. The SMILES string of the molecule is CC(C)CC(CN(C)C)NC(=O)[C@@H](N)CC(C)C. The van der Waals surface area contributed by atoms with Gasteiger partial charge in [-0.2, -0.15) is 0 Å². The molecule has 108 valence electrons. The van der Waals surface area contributed by atoms with Crippen LogP contribution in [0.2, 0.25) is 0 Å². The molecule has 0 radical (unpaired) electrons. The Bertz CT molecular complexity index is 229. The minimum atomic E-state index is -0.387. The van der Waals surface area contributed by atoms with Gasteiger partial charge >= 0.3 is 0 Å². The van der Waals surface area contributed by atoms with Crippen LogP contribution in [0.1, 0.15) is 40.5 Å². The van der Waals surface area contributed by atoms with E-state index in [1.165, 1.54) is 0 Å². The summed E-state index contributed by atoms with van der Waals surface area (Å²) in [5.74, 6) is 0.996. The predicted molar refractivity (Wildman–Crippen MR) is 77.4 cm³/mol. The molecule has 0 heterocycles. The van der Waals surface area contributed by atoms with Gasteiger partial charge in [-0.1, -0.05) is 27.7 Å². The van der Waals surface area contributed by atoms with Gasteiger partial charge in [0, 0.05) is 12.6 Å². The summed E-state index contributed by atoms with van der Waals surface area (Å²) in [7, 11) is 4.04. The van der Waals surface area contributed by atoms with Crippen molar-refractivity contribution >= 4 is 5.91 Å². The predicted octanol–water partition coefficient (Wildman–Crippen LogP) is 1.45. The molecule has 4 heteroatoms. The van der Waals surface area contributed by atoms with Crippen molar-refractivity contribution in [2.24, 2.45) is 17.6 Å². The average molecular weight is 257 g/mol. The molecule has 0 fully saturated rings. The van der Waals surface area contributed by atoms with Crippen LogP contribution in [-0.4, -0.2) is 43.5 Å². The van der Waals surface area contributed by atoms with E-state index in [1.54, 1.807) is 0 Å². The minimum Gasteiger partial charge on any atom is -0.351 e. The van der Waals surface area contributed by atoms with Crippen molar-refractivity contribution in [3.63, 3.8) is 0 Å². The van der Waals surface area contributed by atoms with Gasteiger partial charge in [0.1, 0.15) is 0 Å². The Morgan fingerprint density at radius 3 is 2.00 bits per heavy atom. The molecule has 0 saturated heterocycles. The molecule has 1 amide bonds. The van der Waals surface area contributed by atoms with Gasteiger partial charge in [0.15, 0.2) is 0 Å². The third-order valence-corrected chi connectivity index (χ3v) is 2.75. The number of rotatable bonds is 8. The van der Waals surface area contributed by atoms with E-state index >= 15 is 0 Å². The molecular weight excluding hydrogens is 226 g/mol. The lowest BCUT2D eigenvalue weighted by Crippen LogP contribution is -2.49. The summed E-state index contributed by atoms with van der Waals surface area (Å²) < 4.78 is 0. The lowest BCUT2D eigenvalue weighted by Gasteiger charge is -2.25. The second kappa shape index (κ2) is 8.48. The highest BCUT2D eigenvalue weighted by molar-refractivity contribution is 5.81. The number of nitrogens with two attached hydrogens (primary N) is 1. The summed E-state index contributed by atoms with van der Waals surface area (Å²) in [5.41, 5.74) is 5.90. The van der Waals surface area contributed by atoms with Crippen molar-refractivity contribution in [1.29, 1.82) is 0 Å². The first-order chi connectivity index (χ1) is 8.22. The van der Waals surface area contributed by atoms with Crippen LogP contribution in [0, 0.1) is 11.8 Å². The van der Waals surface area contributed by atoms with E-state index < -0.39 is 0 Å². The van der Waals surface area contributed by atoms with E-state index in [1.807, 2.05) is 14.1 Å². The van der Waals surface area contributed by atoms with Crippen molar-refractivity contribution in [2.75, 3.05) is 20.6 Å². The Morgan fingerprint density at radius 1 is 1.11 bits per heavy atom. The Kier molecular flexibility index (Phi) is 8.20. The van der Waals surface area contributed by atoms with Crippen LogP contribution in [0.25, 0.3) is 0 Å². The largest absolute Gasteiger partial charge is 0.351 e. The number of amides is 1. The average Bonchev–Trinajstić information content (AvgIpc) is 2.13. The van der Waals surface area contributed by atoms with E-state index in [0.29, 0.717) is 11.8 Å². The summed E-state index contributed by atoms with van der Waals surface area (Å²) in [5, 5.41) is 3.08. The van der Waals surface area contributed by atoms with Crippen LogP contribution in [0.4, 0.5) is 0 Å². The normalized spacial score (nSPS) is 15.2. The van der Waals surface area contributed by atoms with Gasteiger partial charge in [-0.25, -0.2) is 0 Å². The fourth-order valence-electron chi connectivity index (χ4n) is 2.11. The molecule has 1 unspecified atom stereocenters. The zero-order valence-corrected chi connectivity index (χ0v) is 12.9. The zero-order chi connectivity index (χ0) is 14.3. The molecule has 0 rings (SSSR count). The third-order valence-electron chi connectivity index (χ3n) is 2.75. The van der Waals surface area contributed by atoms with Gasteiger partial charge in [0.2, 0.25) is 5.91 Å². The fraction of sp³-hybridized carbons (Fsp3) is 0.929. The minimum absolute atomic E-state index is 0.0174. The van der Waals surface area contributed by atoms with E-state index in [4.69, 9.17) is 5.73 Å². The molecule has 0 aromatic rings. The van der Waals surface area contributed by atoms with Gasteiger partial charge in [-0.3, -0.25) is 4.79 Å². The summed E-state index contributed by atoms with van der Waals surface area (Å²) >= 11 is 0. The smallest absolute Gasteiger partial charge is 0.237 e. The van der Waals surface area contributed by atoms with E-state index in [2.05, 4.69) is 37.9 Å². The summed E-state index contributed by atoms with van der Waals surface area (Å²) in [6.45, 7) is 9.36. The third kappa shape index (κ3) is 8.48. The first-order valence-electron chi connectivity index (χ1n) is 6.93. The van der Waals surface area contributed by atoms with Crippen LogP contribution in [-0.2, 0) is 4.79 Å². The first kappa shape index (κ1) is 17.4. The standard InChI is InChI=1S/C14H31N3O/c1-10(2)7-12(9-17(5)6)16-14(18)13(15)8-11(3)4/h10-13H,7-9,15H2,1-6H3,(H,16,18)/t12?,13-/m0/s1. The number of carbonyl (C=O) groups is 1. The number of hydrogen-bond acceptors (Lipinski definition) is 3. The van der Waals surface area contributed by atoms with Gasteiger partial charge in [0.05, 0.1) is 6.04 Å². The molecule has 0 bridgehead atoms. The van der Waals surface area contributed by atoms with E-state index in [9.17, 15) is 4.79 Å². The number of nitrogens with zero attached hydrogens (tertiary/aromatic N) is 1. The van der Waals surface area contributed by atoms with Crippen LogP contribution < -0.4 is 11.1 Å². The molecule has 0 aliphatic carbocycles. The fourth-order valence-corrected chi connectivity index (χ4v) is 2.11. The van der Waals surface area contributed by atoms with E-state index in [0.717, 1.165) is 19.4 Å². The maximum atomic E-state index is 12.0. The Labute approximate surface area is 112 Å². The molecule has 0 aromatic carbocycles. The number of nitrogens with one attached hydrogen (secondary N) is 1. The van der Waals surface area contributed by atoms with Crippen LogP contribution in [0.5, 0.6) is 0 Å². The Morgan fingerprint density at radius 2 is 1.61 bits per heavy atom. The number of hydrogen-bond donors (Lipinski definition) is 2. The Hall–Kier alpha value is -0.610. The molecular formula is C14H31N3O. The van der Waals surface area contributed by atoms with Crippen LogP contribution in [0.15, 0.2) is 0 Å². The zero-order valence-electron chi connectivity index (χ0n) is 12.9. The maximum absolute atomic E-state index is 12.0. The van der Waals surface area contributed by atoms with Crippen molar-refractivity contribution in [3.8, 4) is 0 Å². The van der Waals surface area contributed by atoms with Crippen LogP contribution >= 0.6 is 0 Å². The molecule has 0 aliphatic rings. The van der Waals surface area contributed by atoms with Crippen molar-refractivity contribution in [2.45, 2.75) is 52.6 Å². The highest BCUT2D eigenvalue weighted by Gasteiger charge is 2.20. The summed E-state index contributed by atoms with van der Waals surface area (Å²) in [6, 6.07) is -0.201. The molecule has 3 N–H and O–H groups in total.